The van der Waals surface area contributed by atoms with E-state index in [9.17, 15) is 4.79 Å². The number of fused-ring (bicyclic) bond motifs is 1. The number of nitrogens with two attached hydrogens (primary N) is 1. The van der Waals surface area contributed by atoms with Crippen molar-refractivity contribution in [2.75, 3.05) is 5.73 Å². The third-order valence-electron chi connectivity index (χ3n) is 2.63. The number of aromatic nitrogens is 4. The average Bonchev–Trinajstić information content (AvgIpc) is 2.80. The summed E-state index contributed by atoms with van der Waals surface area (Å²) in [5.41, 5.74) is 6.18. The molecule has 0 radical (unpaired) electrons. The van der Waals surface area contributed by atoms with Crippen molar-refractivity contribution in [2.24, 2.45) is 0 Å². The highest BCUT2D eigenvalue weighted by atomic mass is 16.4. The Morgan fingerprint density at radius 2 is 2.11 bits per heavy atom. The van der Waals surface area contributed by atoms with Gasteiger partial charge in [-0.15, -0.1) is 0 Å². The number of carbonyl (C=O) groups is 1. The molecule has 3 rings (SSSR count). The van der Waals surface area contributed by atoms with Gasteiger partial charge in [-0.05, 0) is 6.07 Å². The fourth-order valence-corrected chi connectivity index (χ4v) is 1.73. The first kappa shape index (κ1) is 11.1. The molecule has 7 heteroatoms. The van der Waals surface area contributed by atoms with E-state index in [0.717, 1.165) is 10.9 Å². The predicted octanol–water partition coefficient (Wildman–Crippen LogP) is 1.10. The molecule has 2 aromatic heterocycles. The van der Waals surface area contributed by atoms with Gasteiger partial charge in [0.1, 0.15) is 0 Å². The van der Waals surface area contributed by atoms with E-state index in [0.29, 0.717) is 0 Å². The maximum atomic E-state index is 10.9. The zero-order valence-corrected chi connectivity index (χ0v) is 9.69. The fraction of sp³-hybridized carbons (Fsp3) is 0. The summed E-state index contributed by atoms with van der Waals surface area (Å²) in [4.78, 5) is 19.3. The van der Waals surface area contributed by atoms with E-state index in [1.807, 2.05) is 24.3 Å². The van der Waals surface area contributed by atoms with Crippen molar-refractivity contribution < 1.29 is 9.90 Å². The third-order valence-corrected chi connectivity index (χ3v) is 2.63. The Balaban J connectivity index is 2.13. The molecule has 0 saturated carbocycles. The van der Waals surface area contributed by atoms with Crippen LogP contribution in [0.1, 0.15) is 10.5 Å². The topological polar surface area (TPSA) is 107 Å². The molecule has 3 aromatic rings. The molecule has 0 unspecified atom stereocenters. The van der Waals surface area contributed by atoms with E-state index in [1.165, 1.54) is 10.9 Å². The Kier molecular flexibility index (Phi) is 2.38. The number of benzene rings is 1. The first-order chi connectivity index (χ1) is 9.15. The van der Waals surface area contributed by atoms with Gasteiger partial charge in [0.05, 0.1) is 17.4 Å². The Morgan fingerprint density at radius 1 is 1.32 bits per heavy atom. The summed E-state index contributed by atoms with van der Waals surface area (Å²) in [7, 11) is 0. The van der Waals surface area contributed by atoms with E-state index in [2.05, 4.69) is 15.1 Å². The second-order valence-corrected chi connectivity index (χ2v) is 3.91. The van der Waals surface area contributed by atoms with Crippen LogP contribution < -0.4 is 5.73 Å². The lowest BCUT2D eigenvalue weighted by Crippen LogP contribution is -2.05. The van der Waals surface area contributed by atoms with Gasteiger partial charge in [-0.25, -0.2) is 19.4 Å². The maximum absolute atomic E-state index is 10.9. The Morgan fingerprint density at radius 3 is 2.84 bits per heavy atom. The summed E-state index contributed by atoms with van der Waals surface area (Å²) in [5.74, 6) is -0.907. The van der Waals surface area contributed by atoms with Crippen LogP contribution in [0, 0.1) is 0 Å². The molecule has 7 nitrogen and oxygen atoms in total. The van der Waals surface area contributed by atoms with Crippen molar-refractivity contribution in [3.8, 4) is 5.95 Å². The molecule has 3 N–H and O–H groups in total. The van der Waals surface area contributed by atoms with Crippen LogP contribution in [-0.4, -0.2) is 30.8 Å². The second kappa shape index (κ2) is 4.05. The molecule has 94 valence electrons. The van der Waals surface area contributed by atoms with Gasteiger partial charge >= 0.3 is 5.97 Å². The number of rotatable bonds is 2. The zero-order chi connectivity index (χ0) is 13.4. The molecule has 0 saturated heterocycles. The van der Waals surface area contributed by atoms with Crippen LogP contribution in [0.25, 0.3) is 16.9 Å². The summed E-state index contributed by atoms with van der Waals surface area (Å²) in [6.07, 6.45) is 3.03. The monoisotopic (exact) mass is 255 g/mol. The van der Waals surface area contributed by atoms with E-state index < -0.39 is 5.97 Å². The quantitative estimate of drug-likeness (QED) is 0.710. The summed E-state index contributed by atoms with van der Waals surface area (Å²) < 4.78 is 1.26. The molecule has 0 aliphatic rings. The maximum Gasteiger partial charge on any atom is 0.358 e. The molecule has 0 amide bonds. The Hall–Kier alpha value is -2.96. The Bertz CT molecular complexity index is 781. The first-order valence-electron chi connectivity index (χ1n) is 5.46. The van der Waals surface area contributed by atoms with E-state index >= 15 is 0 Å². The van der Waals surface area contributed by atoms with Crippen LogP contribution in [0.2, 0.25) is 0 Å². The highest BCUT2D eigenvalue weighted by Crippen LogP contribution is 2.14. The van der Waals surface area contributed by atoms with Crippen LogP contribution >= 0.6 is 0 Å². The fourth-order valence-electron chi connectivity index (χ4n) is 1.73. The summed E-state index contributed by atoms with van der Waals surface area (Å²) in [6.45, 7) is 0. The predicted molar refractivity (Wildman–Crippen MR) is 68.0 cm³/mol. The molecule has 0 aliphatic carbocycles. The van der Waals surface area contributed by atoms with Gasteiger partial charge in [0.25, 0.3) is 5.95 Å². The van der Waals surface area contributed by atoms with Crippen molar-refractivity contribution in [3.05, 3.63) is 42.4 Å². The number of para-hydroxylation sites is 1. The van der Waals surface area contributed by atoms with Gasteiger partial charge in [0.15, 0.2) is 5.69 Å². The van der Waals surface area contributed by atoms with Crippen LogP contribution in [-0.2, 0) is 0 Å². The number of nitrogens with zero attached hydrogens (tertiary/aromatic N) is 4. The molecule has 0 aliphatic heterocycles. The van der Waals surface area contributed by atoms with Crippen molar-refractivity contribution in [2.45, 2.75) is 0 Å². The largest absolute Gasteiger partial charge is 0.476 e. The third kappa shape index (κ3) is 1.86. The molecule has 2 heterocycles. The van der Waals surface area contributed by atoms with Gasteiger partial charge in [-0.2, -0.15) is 5.10 Å². The van der Waals surface area contributed by atoms with Gasteiger partial charge in [-0.1, -0.05) is 18.2 Å². The van der Waals surface area contributed by atoms with Crippen molar-refractivity contribution in [1.29, 1.82) is 0 Å². The van der Waals surface area contributed by atoms with Crippen LogP contribution in [0.5, 0.6) is 0 Å². The van der Waals surface area contributed by atoms with Crippen LogP contribution in [0.4, 0.5) is 5.69 Å². The van der Waals surface area contributed by atoms with E-state index in [-0.39, 0.29) is 17.3 Å². The molecular weight excluding hydrogens is 246 g/mol. The lowest BCUT2D eigenvalue weighted by Gasteiger charge is -2.00. The van der Waals surface area contributed by atoms with Gasteiger partial charge in [-0.3, -0.25) is 0 Å². The zero-order valence-electron chi connectivity index (χ0n) is 9.69. The summed E-state index contributed by atoms with van der Waals surface area (Å²) in [6, 6.07) is 7.48. The number of anilines is 1. The van der Waals surface area contributed by atoms with E-state index in [1.54, 1.807) is 6.20 Å². The molecule has 0 fully saturated rings. The first-order valence-corrected chi connectivity index (χ1v) is 5.46. The van der Waals surface area contributed by atoms with Crippen molar-refractivity contribution >= 4 is 22.6 Å². The number of hydrogen-bond donors (Lipinski definition) is 2. The summed E-state index contributed by atoms with van der Waals surface area (Å²) in [5, 5.41) is 13.6. The standard InChI is InChI=1S/C12H9N5O2/c13-8-6-17(16-10(8)11(18)19)12-14-5-7-3-1-2-4-9(7)15-12/h1-6H,13H2,(H,18,19). The van der Waals surface area contributed by atoms with Crippen molar-refractivity contribution in [1.82, 2.24) is 19.7 Å². The van der Waals surface area contributed by atoms with Gasteiger partial charge in [0.2, 0.25) is 0 Å². The smallest absolute Gasteiger partial charge is 0.358 e. The molecular formula is C12H9N5O2. The lowest BCUT2D eigenvalue weighted by molar-refractivity contribution is 0.0691. The molecule has 0 bridgehead atoms. The molecule has 1 aromatic carbocycles. The number of carboxylic acid groups (broad SMARTS) is 1. The van der Waals surface area contributed by atoms with Crippen LogP contribution in [0.3, 0.4) is 0 Å². The second-order valence-electron chi connectivity index (χ2n) is 3.91. The summed E-state index contributed by atoms with van der Waals surface area (Å²) >= 11 is 0. The minimum absolute atomic E-state index is 0.0734. The van der Waals surface area contributed by atoms with Gasteiger partial charge in [0, 0.05) is 11.6 Å². The molecule has 0 spiro atoms. The normalized spacial score (nSPS) is 10.7. The number of hydrogen-bond acceptors (Lipinski definition) is 5. The van der Waals surface area contributed by atoms with Crippen LogP contribution in [0.15, 0.2) is 36.7 Å². The van der Waals surface area contributed by atoms with E-state index in [4.69, 9.17) is 10.8 Å². The lowest BCUT2D eigenvalue weighted by atomic mass is 10.2. The number of nitrogen functional groups attached to an aromatic ring is 1. The Labute approximate surface area is 107 Å². The minimum Gasteiger partial charge on any atom is -0.476 e. The average molecular weight is 255 g/mol. The highest BCUT2D eigenvalue weighted by molar-refractivity contribution is 5.91. The number of aromatic carboxylic acids is 1. The highest BCUT2D eigenvalue weighted by Gasteiger charge is 2.15. The minimum atomic E-state index is -1.18. The number of carboxylic acids is 1. The van der Waals surface area contributed by atoms with Gasteiger partial charge < -0.3 is 10.8 Å². The molecule has 19 heavy (non-hydrogen) atoms. The molecule has 0 atom stereocenters. The van der Waals surface area contributed by atoms with Crippen molar-refractivity contribution in [3.63, 3.8) is 0 Å². The SMILES string of the molecule is Nc1cn(-c2ncc3ccccc3n2)nc1C(=O)O.